The zero-order valence-electron chi connectivity index (χ0n) is 30.6. The van der Waals surface area contributed by atoms with Crippen LogP contribution < -0.4 is 4.74 Å². The standard InChI is InChI=1S/C31H39O2S.C9H12O8S2/c1-4-5-6-7-8-9-10-17-22-30(32)33-31-25(2)23-29(24-26(31)3)34(27-18-13-11-14-19-27)28-20-15-12-16-21-28;10-7(3-18(11,12)13)16-8-4-1-5-6(2-4)19(14,15)17-9(5)8/h11-16,18-21,23-24H,4-10,17,22H2,1-3H3;4-6,8-9H,1-3H2,(H,11,12,13)/q+1;/p-1. The Hall–Kier alpha value is -3.23. The van der Waals surface area contributed by atoms with Gasteiger partial charge in [-0.3, -0.25) is 13.8 Å². The van der Waals surface area contributed by atoms with Crippen molar-refractivity contribution in [2.24, 2.45) is 11.8 Å². The molecule has 0 spiro atoms. The summed E-state index contributed by atoms with van der Waals surface area (Å²) in [5, 5.41) is -0.541. The lowest BCUT2D eigenvalue weighted by molar-refractivity contribution is -0.152. The number of hydrogen-bond acceptors (Lipinski definition) is 10. The van der Waals surface area contributed by atoms with Gasteiger partial charge in [-0.2, -0.15) is 8.42 Å². The van der Waals surface area contributed by atoms with Crippen LogP contribution in [0.3, 0.4) is 0 Å². The molecular formula is C40H50O10S3. The average Bonchev–Trinajstić information content (AvgIpc) is 3.73. The molecule has 0 N–H and O–H groups in total. The van der Waals surface area contributed by atoms with E-state index in [4.69, 9.17) is 13.7 Å². The average molecular weight is 787 g/mol. The Morgan fingerprint density at radius 3 is 1.91 bits per heavy atom. The van der Waals surface area contributed by atoms with Crippen molar-refractivity contribution in [3.8, 4) is 5.75 Å². The SMILES string of the molecule is CCCCCCCCCCC(=O)Oc1c(C)cc([S+](c2ccccc2)c2ccccc2)cc1C.O=C(CS(=O)(=O)[O-])OC1C2CC3C1OS(=O)(=O)C3C2. The molecular weight excluding hydrogens is 737 g/mol. The minimum absolute atomic E-state index is 0.116. The molecule has 1 aliphatic heterocycles. The van der Waals surface area contributed by atoms with Gasteiger partial charge in [-0.25, -0.2) is 8.42 Å². The van der Waals surface area contributed by atoms with Gasteiger partial charge >= 0.3 is 11.9 Å². The number of esters is 2. The maximum absolute atomic E-state index is 12.5. The Morgan fingerprint density at radius 2 is 1.36 bits per heavy atom. The molecule has 1 saturated heterocycles. The van der Waals surface area contributed by atoms with E-state index in [1.54, 1.807) is 0 Å². The third-order valence-corrected chi connectivity index (χ3v) is 14.6. The lowest BCUT2D eigenvalue weighted by atomic mass is 9.94. The van der Waals surface area contributed by atoms with Crippen molar-refractivity contribution >= 4 is 43.1 Å². The topological polar surface area (TPSA) is 153 Å². The molecule has 5 atom stereocenters. The molecule has 3 aromatic rings. The zero-order valence-corrected chi connectivity index (χ0v) is 33.1. The zero-order chi connectivity index (χ0) is 38.2. The van der Waals surface area contributed by atoms with Gasteiger partial charge in [0.15, 0.2) is 14.7 Å². The molecule has 0 radical (unpaired) electrons. The fraction of sp³-hybridized carbons (Fsp3) is 0.500. The number of carbonyl (C=O) groups excluding carboxylic acids is 2. The van der Waals surface area contributed by atoms with Crippen LogP contribution in [0.15, 0.2) is 87.5 Å². The molecule has 0 amide bonds. The fourth-order valence-electron chi connectivity index (χ4n) is 7.65. The lowest BCUT2D eigenvalue weighted by Crippen LogP contribution is -2.38. The molecule has 0 aromatic heterocycles. The van der Waals surface area contributed by atoms with E-state index in [0.717, 1.165) is 29.7 Å². The van der Waals surface area contributed by atoms with Crippen LogP contribution in [0, 0.1) is 25.7 Å². The molecule has 13 heteroatoms. The highest BCUT2D eigenvalue weighted by atomic mass is 32.2. The van der Waals surface area contributed by atoms with Crippen LogP contribution in [0.1, 0.15) is 88.7 Å². The van der Waals surface area contributed by atoms with Crippen molar-refractivity contribution in [3.05, 3.63) is 83.9 Å². The highest BCUT2D eigenvalue weighted by molar-refractivity contribution is 7.97. The Kier molecular flexibility index (Phi) is 14.2. The smallest absolute Gasteiger partial charge is 0.320 e. The van der Waals surface area contributed by atoms with E-state index in [0.29, 0.717) is 19.3 Å². The van der Waals surface area contributed by atoms with Crippen LogP contribution in [0.5, 0.6) is 5.75 Å². The molecule has 10 nitrogen and oxygen atoms in total. The van der Waals surface area contributed by atoms with Crippen LogP contribution in [0.4, 0.5) is 0 Å². The van der Waals surface area contributed by atoms with E-state index in [1.807, 2.05) is 13.8 Å². The van der Waals surface area contributed by atoms with Crippen molar-refractivity contribution in [1.29, 1.82) is 0 Å². The monoisotopic (exact) mass is 786 g/mol. The van der Waals surface area contributed by atoms with Gasteiger partial charge in [0.2, 0.25) is 0 Å². The number of unbranched alkanes of at least 4 members (excludes halogenated alkanes) is 7. The number of rotatable bonds is 16. The number of ether oxygens (including phenoxy) is 2. The van der Waals surface area contributed by atoms with Crippen molar-refractivity contribution in [2.45, 2.75) is 124 Å². The first-order valence-corrected chi connectivity index (χ1v) is 22.8. The second-order valence-corrected chi connectivity index (χ2v) is 19.4. The molecule has 5 unspecified atom stereocenters. The van der Waals surface area contributed by atoms with Gasteiger partial charge in [0.05, 0.1) is 16.1 Å². The second kappa shape index (κ2) is 18.4. The minimum Gasteiger partial charge on any atom is -0.748 e. The predicted molar refractivity (Wildman–Crippen MR) is 202 cm³/mol. The number of aryl methyl sites for hydroxylation is 2. The molecule has 288 valence electrons. The van der Waals surface area contributed by atoms with E-state index in [1.165, 1.54) is 53.2 Å². The Bertz CT molecular complexity index is 1850. The molecule has 3 aliphatic rings. The predicted octanol–water partition coefficient (Wildman–Crippen LogP) is 7.42. The third-order valence-electron chi connectivity index (χ3n) is 10.1. The van der Waals surface area contributed by atoms with Gasteiger partial charge in [0.25, 0.3) is 10.1 Å². The summed E-state index contributed by atoms with van der Waals surface area (Å²) in [6.07, 6.45) is 9.71. The van der Waals surface area contributed by atoms with E-state index < -0.39 is 49.4 Å². The Labute approximate surface area is 317 Å². The normalized spacial score (nSPS) is 22.3. The molecule has 2 bridgehead atoms. The summed E-state index contributed by atoms with van der Waals surface area (Å²) in [7, 11) is -8.51. The number of hydrogen-bond donors (Lipinski definition) is 0. The Balaban J connectivity index is 0.000000239. The first kappa shape index (κ1) is 40.9. The van der Waals surface area contributed by atoms with Crippen molar-refractivity contribution in [2.75, 3.05) is 5.75 Å². The summed E-state index contributed by atoms with van der Waals surface area (Å²) in [5.41, 5.74) is 2.03. The molecule has 6 rings (SSSR count). The van der Waals surface area contributed by atoms with E-state index in [9.17, 15) is 31.0 Å². The maximum atomic E-state index is 12.5. The van der Waals surface area contributed by atoms with Crippen molar-refractivity contribution in [1.82, 2.24) is 0 Å². The summed E-state index contributed by atoms with van der Waals surface area (Å²) in [6, 6.07) is 25.7. The Morgan fingerprint density at radius 1 is 0.811 bits per heavy atom. The molecule has 3 fully saturated rings. The van der Waals surface area contributed by atoms with E-state index in [-0.39, 0.29) is 28.7 Å². The first-order chi connectivity index (χ1) is 25.3. The van der Waals surface area contributed by atoms with Gasteiger partial charge in [-0.15, -0.1) is 0 Å². The van der Waals surface area contributed by atoms with Crippen LogP contribution in [-0.2, 0) is 49.6 Å². The van der Waals surface area contributed by atoms with Crippen molar-refractivity contribution in [3.63, 3.8) is 0 Å². The van der Waals surface area contributed by atoms with Crippen LogP contribution in [0.2, 0.25) is 0 Å². The van der Waals surface area contributed by atoms with Gasteiger partial charge in [-0.1, -0.05) is 88.3 Å². The summed E-state index contributed by atoms with van der Waals surface area (Å²) >= 11 is 0. The van der Waals surface area contributed by atoms with Crippen molar-refractivity contribution < 1.29 is 44.6 Å². The fourth-order valence-corrected chi connectivity index (χ4v) is 12.2. The lowest BCUT2D eigenvalue weighted by Gasteiger charge is -2.25. The van der Waals surface area contributed by atoms with E-state index >= 15 is 0 Å². The molecule has 53 heavy (non-hydrogen) atoms. The number of benzene rings is 3. The highest BCUT2D eigenvalue weighted by Crippen LogP contribution is 2.55. The molecule has 2 aliphatic carbocycles. The van der Waals surface area contributed by atoms with Gasteiger partial charge in [0, 0.05) is 30.4 Å². The highest BCUT2D eigenvalue weighted by Gasteiger charge is 2.65. The van der Waals surface area contributed by atoms with Gasteiger partial charge in [-0.05, 0) is 68.5 Å². The van der Waals surface area contributed by atoms with Gasteiger partial charge < -0.3 is 14.0 Å². The molecule has 2 saturated carbocycles. The number of fused-ring (bicyclic) bond motifs is 1. The maximum Gasteiger partial charge on any atom is 0.320 e. The number of carbonyl (C=O) groups is 2. The minimum atomic E-state index is -4.70. The second-order valence-electron chi connectivity index (χ2n) is 14.2. The summed E-state index contributed by atoms with van der Waals surface area (Å²) in [5.74, 6) is -2.14. The summed E-state index contributed by atoms with van der Waals surface area (Å²) < 4.78 is 70.3. The summed E-state index contributed by atoms with van der Waals surface area (Å²) in [6.45, 7) is 6.34. The third kappa shape index (κ3) is 10.9. The van der Waals surface area contributed by atoms with Crippen LogP contribution in [0.25, 0.3) is 0 Å². The first-order valence-electron chi connectivity index (χ1n) is 18.5. The van der Waals surface area contributed by atoms with Gasteiger partial charge in [0.1, 0.15) is 33.8 Å². The van der Waals surface area contributed by atoms with Crippen LogP contribution in [-0.4, -0.2) is 56.5 Å². The largest absolute Gasteiger partial charge is 0.748 e. The molecule has 3 aromatic carbocycles. The quantitative estimate of drug-likeness (QED) is 0.0358. The summed E-state index contributed by atoms with van der Waals surface area (Å²) in [4.78, 5) is 27.7. The van der Waals surface area contributed by atoms with E-state index in [2.05, 4.69) is 79.7 Å². The molecule has 1 heterocycles. The van der Waals surface area contributed by atoms with Crippen LogP contribution >= 0.6 is 0 Å².